The first-order valence-corrected chi connectivity index (χ1v) is 11.6. The first kappa shape index (κ1) is 21.6. The zero-order valence-corrected chi connectivity index (χ0v) is 18.9. The van der Waals surface area contributed by atoms with Gasteiger partial charge in [-0.3, -0.25) is 4.79 Å². The van der Waals surface area contributed by atoms with E-state index in [1.54, 1.807) is 18.3 Å². The van der Waals surface area contributed by atoms with Crippen molar-refractivity contribution in [3.63, 3.8) is 0 Å². The number of hydrogen-bond donors (Lipinski definition) is 3. The molecule has 5 rings (SSSR count). The van der Waals surface area contributed by atoms with Crippen LogP contribution in [0.15, 0.2) is 30.6 Å². The first-order valence-electron chi connectivity index (χ1n) is 11.6. The Labute approximate surface area is 193 Å². The fourth-order valence-corrected chi connectivity index (χ4v) is 4.89. The third kappa shape index (κ3) is 4.23. The number of aryl methyl sites for hydroxylation is 1. The van der Waals surface area contributed by atoms with Crippen molar-refractivity contribution in [1.29, 1.82) is 0 Å². The van der Waals surface area contributed by atoms with Crippen LogP contribution >= 0.6 is 0 Å². The summed E-state index contributed by atoms with van der Waals surface area (Å²) in [4.78, 5) is 26.7. The molecule has 2 fully saturated rings. The molecule has 0 aliphatic carbocycles. The van der Waals surface area contributed by atoms with E-state index in [0.29, 0.717) is 17.9 Å². The number of nitrogens with zero attached hydrogens (tertiary/aromatic N) is 6. The SMILES string of the molecule is Cc1cn2nc([C@@H]3CCCCN3C(=O)c3ccnc(NCN)c3)cc2nc1N1CC[C@H](N)C1. The average molecular weight is 450 g/mol. The van der Waals surface area contributed by atoms with Gasteiger partial charge >= 0.3 is 0 Å². The predicted molar refractivity (Wildman–Crippen MR) is 127 cm³/mol. The summed E-state index contributed by atoms with van der Waals surface area (Å²) in [6.07, 6.45) is 7.55. The summed E-state index contributed by atoms with van der Waals surface area (Å²) in [6.45, 7) is 4.76. The highest BCUT2D eigenvalue weighted by Gasteiger charge is 2.31. The van der Waals surface area contributed by atoms with E-state index < -0.39 is 0 Å². The van der Waals surface area contributed by atoms with Crippen molar-refractivity contribution >= 4 is 23.2 Å². The lowest BCUT2D eigenvalue weighted by Gasteiger charge is -2.34. The number of amides is 1. The highest BCUT2D eigenvalue weighted by Crippen LogP contribution is 2.33. The van der Waals surface area contributed by atoms with Crippen molar-refractivity contribution in [3.8, 4) is 0 Å². The minimum Gasteiger partial charge on any atom is -0.358 e. The van der Waals surface area contributed by atoms with Gasteiger partial charge in [-0.25, -0.2) is 14.5 Å². The molecule has 0 radical (unpaired) electrons. The number of nitrogens with two attached hydrogens (primary N) is 2. The summed E-state index contributed by atoms with van der Waals surface area (Å²) in [6, 6.07) is 5.62. The lowest BCUT2D eigenvalue weighted by atomic mass is 9.98. The molecule has 5 heterocycles. The van der Waals surface area contributed by atoms with Crippen LogP contribution in [0.25, 0.3) is 5.65 Å². The van der Waals surface area contributed by atoms with Crippen LogP contribution in [0.3, 0.4) is 0 Å². The summed E-state index contributed by atoms with van der Waals surface area (Å²) in [5.74, 6) is 1.55. The normalized spacial score (nSPS) is 21.1. The Balaban J connectivity index is 1.44. The molecule has 2 atom stereocenters. The third-order valence-electron chi connectivity index (χ3n) is 6.54. The molecule has 2 aliphatic heterocycles. The highest BCUT2D eigenvalue weighted by atomic mass is 16.2. The van der Waals surface area contributed by atoms with E-state index >= 15 is 0 Å². The van der Waals surface area contributed by atoms with E-state index in [2.05, 4.69) is 22.1 Å². The number of rotatable bonds is 5. The molecular weight excluding hydrogens is 418 g/mol. The Morgan fingerprint density at radius 2 is 2.12 bits per heavy atom. The van der Waals surface area contributed by atoms with Gasteiger partial charge < -0.3 is 26.6 Å². The third-order valence-corrected chi connectivity index (χ3v) is 6.54. The summed E-state index contributed by atoms with van der Waals surface area (Å²) in [5, 5.41) is 7.79. The van der Waals surface area contributed by atoms with Crippen LogP contribution in [0.5, 0.6) is 0 Å². The zero-order chi connectivity index (χ0) is 22.9. The minimum atomic E-state index is -0.0870. The number of fused-ring (bicyclic) bond motifs is 1. The molecule has 10 nitrogen and oxygen atoms in total. The Morgan fingerprint density at radius 3 is 2.91 bits per heavy atom. The summed E-state index contributed by atoms with van der Waals surface area (Å²) in [5.41, 5.74) is 15.0. The average Bonchev–Trinajstić information content (AvgIpc) is 3.44. The molecule has 174 valence electrons. The largest absolute Gasteiger partial charge is 0.358 e. The van der Waals surface area contributed by atoms with Crippen molar-refractivity contribution in [1.82, 2.24) is 24.5 Å². The fraction of sp³-hybridized carbons (Fsp3) is 0.478. The number of piperidine rings is 1. The standard InChI is InChI=1S/C23H31N9O/c1-15-12-32-21(28-22(15)30-9-6-17(25)13-30)11-18(29-32)19-4-2-3-8-31(19)23(33)16-5-7-26-20(10-16)27-14-24/h5,7,10-12,17,19H,2-4,6,8-9,13-14,24-25H2,1H3,(H,26,27)/t17-,19-/m0/s1. The van der Waals surface area contributed by atoms with E-state index in [4.69, 9.17) is 21.5 Å². The van der Waals surface area contributed by atoms with Crippen LogP contribution in [-0.2, 0) is 0 Å². The van der Waals surface area contributed by atoms with Crippen LogP contribution in [0.4, 0.5) is 11.6 Å². The molecule has 1 amide bonds. The second-order valence-electron chi connectivity index (χ2n) is 8.94. The van der Waals surface area contributed by atoms with E-state index in [0.717, 1.165) is 61.5 Å². The molecule has 0 aromatic carbocycles. The number of pyridine rings is 1. The van der Waals surface area contributed by atoms with Crippen molar-refractivity contribution in [3.05, 3.63) is 47.4 Å². The van der Waals surface area contributed by atoms with Crippen LogP contribution in [0.1, 0.15) is 53.3 Å². The Morgan fingerprint density at radius 1 is 1.24 bits per heavy atom. The molecule has 33 heavy (non-hydrogen) atoms. The smallest absolute Gasteiger partial charge is 0.254 e. The molecule has 0 unspecified atom stereocenters. The highest BCUT2D eigenvalue weighted by molar-refractivity contribution is 5.95. The second-order valence-corrected chi connectivity index (χ2v) is 8.94. The van der Waals surface area contributed by atoms with Crippen molar-refractivity contribution in [2.45, 2.75) is 44.7 Å². The predicted octanol–water partition coefficient (Wildman–Crippen LogP) is 1.67. The first-order chi connectivity index (χ1) is 16.0. The maximum absolute atomic E-state index is 13.4. The quantitative estimate of drug-likeness (QED) is 0.501. The molecule has 5 N–H and O–H groups in total. The molecule has 2 aliphatic rings. The molecular formula is C23H31N9O. The van der Waals surface area contributed by atoms with Gasteiger partial charge in [-0.15, -0.1) is 0 Å². The van der Waals surface area contributed by atoms with Crippen LogP contribution in [0, 0.1) is 6.92 Å². The van der Waals surface area contributed by atoms with E-state index in [-0.39, 0.29) is 24.7 Å². The van der Waals surface area contributed by atoms with E-state index in [9.17, 15) is 4.79 Å². The number of carbonyl (C=O) groups is 1. The Hall–Kier alpha value is -3.24. The van der Waals surface area contributed by atoms with Gasteiger partial charge in [-0.1, -0.05) is 0 Å². The van der Waals surface area contributed by atoms with E-state index in [1.165, 1.54) is 0 Å². The lowest BCUT2D eigenvalue weighted by Crippen LogP contribution is -2.38. The monoisotopic (exact) mass is 449 g/mol. The second kappa shape index (κ2) is 8.95. The van der Waals surface area contributed by atoms with Crippen LogP contribution in [-0.4, -0.2) is 62.7 Å². The minimum absolute atomic E-state index is 0.0184. The molecule has 0 saturated carbocycles. The maximum Gasteiger partial charge on any atom is 0.254 e. The van der Waals surface area contributed by atoms with Crippen molar-refractivity contribution in [2.75, 3.05) is 36.5 Å². The summed E-state index contributed by atoms with van der Waals surface area (Å²) in [7, 11) is 0. The van der Waals surface area contributed by atoms with Gasteiger partial charge in [0.1, 0.15) is 11.6 Å². The number of anilines is 2. The number of likely N-dealkylation sites (tertiary alicyclic amines) is 1. The molecule has 3 aromatic rings. The number of nitrogens with one attached hydrogen (secondary N) is 1. The molecule has 2 saturated heterocycles. The topological polar surface area (TPSA) is 131 Å². The lowest BCUT2D eigenvalue weighted by molar-refractivity contribution is 0.0605. The number of hydrogen-bond acceptors (Lipinski definition) is 8. The van der Waals surface area contributed by atoms with E-state index in [1.807, 2.05) is 21.7 Å². The molecule has 10 heteroatoms. The molecule has 3 aromatic heterocycles. The summed E-state index contributed by atoms with van der Waals surface area (Å²) >= 11 is 0. The van der Waals surface area contributed by atoms with Gasteiger partial charge in [0.2, 0.25) is 0 Å². The van der Waals surface area contributed by atoms with Crippen LogP contribution in [0.2, 0.25) is 0 Å². The fourth-order valence-electron chi connectivity index (χ4n) is 4.89. The Kier molecular flexibility index (Phi) is 5.86. The van der Waals surface area contributed by atoms with Gasteiger partial charge in [0.25, 0.3) is 5.91 Å². The van der Waals surface area contributed by atoms with Gasteiger partial charge in [-0.05, 0) is 44.7 Å². The van der Waals surface area contributed by atoms with Crippen molar-refractivity contribution in [2.24, 2.45) is 11.5 Å². The molecule has 0 bridgehead atoms. The van der Waals surface area contributed by atoms with Gasteiger partial charge in [-0.2, -0.15) is 5.10 Å². The Bertz CT molecular complexity index is 1160. The number of aromatic nitrogens is 4. The molecule has 0 spiro atoms. The van der Waals surface area contributed by atoms with Gasteiger partial charge in [0.15, 0.2) is 5.65 Å². The number of carbonyl (C=O) groups excluding carboxylic acids is 1. The van der Waals surface area contributed by atoms with Crippen molar-refractivity contribution < 1.29 is 4.79 Å². The zero-order valence-electron chi connectivity index (χ0n) is 18.9. The maximum atomic E-state index is 13.4. The summed E-state index contributed by atoms with van der Waals surface area (Å²) < 4.78 is 1.83. The van der Waals surface area contributed by atoms with Gasteiger partial charge in [0.05, 0.1) is 18.4 Å². The van der Waals surface area contributed by atoms with Gasteiger partial charge in [0, 0.05) is 55.3 Å². The van der Waals surface area contributed by atoms with Crippen LogP contribution < -0.4 is 21.7 Å².